The fourth-order valence-corrected chi connectivity index (χ4v) is 0.830. The van der Waals surface area contributed by atoms with Gasteiger partial charge in [0.2, 0.25) is 5.82 Å². The van der Waals surface area contributed by atoms with E-state index in [4.69, 9.17) is 7.85 Å². The van der Waals surface area contributed by atoms with Crippen molar-refractivity contribution in [3.8, 4) is 0 Å². The van der Waals surface area contributed by atoms with Crippen molar-refractivity contribution in [3.63, 3.8) is 0 Å². The summed E-state index contributed by atoms with van der Waals surface area (Å²) in [7, 11) is 4.80. The van der Waals surface area contributed by atoms with Gasteiger partial charge in [0.25, 0.3) is 0 Å². The Balaban J connectivity index is 3.56. The van der Waals surface area contributed by atoms with E-state index in [0.717, 1.165) is 0 Å². The van der Waals surface area contributed by atoms with Crippen LogP contribution in [0.3, 0.4) is 0 Å². The Morgan fingerprint density at radius 2 is 1.00 bits per heavy atom. The first kappa shape index (κ1) is 10.0. The Bertz CT molecular complexity index is 320. The lowest BCUT2D eigenvalue weighted by Crippen LogP contribution is -2.06. The average Bonchev–Trinajstić information content (AvgIpc) is 2.13. The first-order valence-electron chi connectivity index (χ1n) is 3.21. The third-order valence-corrected chi connectivity index (χ3v) is 1.50. The summed E-state index contributed by atoms with van der Waals surface area (Å²) in [5.41, 5.74) is -1.00. The molecule has 0 saturated heterocycles. The summed E-state index contributed by atoms with van der Waals surface area (Å²) in [5, 5.41) is 0. The molecule has 0 aliphatic carbocycles. The molecule has 0 nitrogen and oxygen atoms in total. The van der Waals surface area contributed by atoms with Gasteiger partial charge in [0, 0.05) is 0 Å². The molecule has 0 fully saturated rings. The van der Waals surface area contributed by atoms with Crippen molar-refractivity contribution >= 4 is 7.85 Å². The summed E-state index contributed by atoms with van der Waals surface area (Å²) in [6.45, 7) is 0. The fraction of sp³-hybridized carbons (Fsp3) is 0.143. The smallest absolute Gasteiger partial charge is 0.200 e. The highest BCUT2D eigenvalue weighted by Crippen LogP contribution is 2.22. The number of hydrogen-bond donors (Lipinski definition) is 0. The van der Waals surface area contributed by atoms with Crippen LogP contribution >= 0.6 is 0 Å². The molecule has 6 heteroatoms. The zero-order valence-electron chi connectivity index (χ0n) is 6.17. The van der Waals surface area contributed by atoms with Crippen molar-refractivity contribution in [2.24, 2.45) is 0 Å². The Morgan fingerprint density at radius 1 is 0.692 bits per heavy atom. The second kappa shape index (κ2) is 3.36. The maximum atomic E-state index is 12.6. The van der Waals surface area contributed by atoms with E-state index in [1.165, 1.54) is 0 Å². The highest BCUT2D eigenvalue weighted by atomic mass is 19.2. The van der Waals surface area contributed by atoms with Crippen LogP contribution in [-0.4, -0.2) is 7.85 Å². The highest BCUT2D eigenvalue weighted by Gasteiger charge is 2.22. The van der Waals surface area contributed by atoms with Crippen LogP contribution in [-0.2, 0) is 6.32 Å². The van der Waals surface area contributed by atoms with Gasteiger partial charge < -0.3 is 7.85 Å². The van der Waals surface area contributed by atoms with Crippen LogP contribution in [0, 0.1) is 29.1 Å². The van der Waals surface area contributed by atoms with E-state index in [1.807, 2.05) is 0 Å². The van der Waals surface area contributed by atoms with Crippen LogP contribution in [0.5, 0.6) is 0 Å². The summed E-state index contributed by atoms with van der Waals surface area (Å²) in [6.07, 6.45) is -0.744. The molecule has 1 aromatic rings. The molecule has 0 aromatic heterocycles. The predicted molar refractivity (Wildman–Crippen MR) is 35.7 cm³/mol. The lowest BCUT2D eigenvalue weighted by atomic mass is 9.95. The van der Waals surface area contributed by atoms with E-state index in [9.17, 15) is 22.0 Å². The van der Waals surface area contributed by atoms with Crippen LogP contribution in [0.2, 0.25) is 0 Å². The normalized spacial score (nSPS) is 10.6. The molecule has 3 radical (unpaired) electrons. The van der Waals surface area contributed by atoms with E-state index in [-0.39, 0.29) is 0 Å². The topological polar surface area (TPSA) is 0 Å². The quantitative estimate of drug-likeness (QED) is 0.276. The van der Waals surface area contributed by atoms with Crippen molar-refractivity contribution in [2.45, 2.75) is 6.32 Å². The highest BCUT2D eigenvalue weighted by molar-refractivity contribution is 6.08. The van der Waals surface area contributed by atoms with Gasteiger partial charge in [-0.05, 0) is 5.56 Å². The van der Waals surface area contributed by atoms with E-state index < -0.39 is 41.0 Å². The Morgan fingerprint density at radius 3 is 1.31 bits per heavy atom. The zero-order chi connectivity index (χ0) is 10.2. The molecule has 0 atom stereocenters. The van der Waals surface area contributed by atoms with Gasteiger partial charge >= 0.3 is 0 Å². The molecular weight excluding hydrogens is 190 g/mol. The fourth-order valence-electron chi connectivity index (χ4n) is 0.830. The SMILES string of the molecule is [B-]Cc1c(F)c(F)c(F)c(F)c1F. The van der Waals surface area contributed by atoms with Gasteiger partial charge in [-0.2, -0.15) is 0 Å². The second-order valence-electron chi connectivity index (χ2n) is 2.25. The minimum Gasteiger partial charge on any atom is -0.620 e. The molecule has 13 heavy (non-hydrogen) atoms. The Kier molecular flexibility index (Phi) is 2.59. The van der Waals surface area contributed by atoms with Gasteiger partial charge in [-0.25, -0.2) is 28.3 Å². The van der Waals surface area contributed by atoms with Gasteiger partial charge in [-0.1, -0.05) is 0 Å². The molecule has 0 amide bonds. The second-order valence-corrected chi connectivity index (χ2v) is 2.25. The molecule has 0 spiro atoms. The molecule has 1 rings (SSSR count). The molecule has 0 aliphatic rings. The Hall–Kier alpha value is -1.07. The van der Waals surface area contributed by atoms with E-state index in [1.54, 1.807) is 0 Å². The number of halogens is 5. The van der Waals surface area contributed by atoms with Gasteiger partial charge in [0.15, 0.2) is 23.3 Å². The van der Waals surface area contributed by atoms with Crippen molar-refractivity contribution in [1.29, 1.82) is 0 Å². The molecule has 0 saturated carbocycles. The first-order chi connectivity index (χ1) is 6.00. The molecule has 0 aliphatic heterocycles. The van der Waals surface area contributed by atoms with Crippen molar-refractivity contribution < 1.29 is 22.0 Å². The lowest BCUT2D eigenvalue weighted by Gasteiger charge is -2.10. The van der Waals surface area contributed by atoms with Crippen molar-refractivity contribution in [1.82, 2.24) is 0 Å². The molecule has 69 valence electrons. The maximum Gasteiger partial charge on any atom is 0.200 e. The summed E-state index contributed by atoms with van der Waals surface area (Å²) in [5.74, 6) is -9.87. The van der Waals surface area contributed by atoms with Crippen LogP contribution < -0.4 is 0 Å². The third-order valence-electron chi connectivity index (χ3n) is 1.50. The van der Waals surface area contributed by atoms with Gasteiger partial charge in [0.05, 0.1) is 0 Å². The predicted octanol–water partition coefficient (Wildman–Crippen LogP) is 2.05. The van der Waals surface area contributed by atoms with Crippen LogP contribution in [0.1, 0.15) is 5.56 Å². The number of benzene rings is 1. The maximum absolute atomic E-state index is 12.6. The molecular formula is C7H2BF5-. The molecule has 0 unspecified atom stereocenters. The number of rotatable bonds is 1. The number of hydrogen-bond acceptors (Lipinski definition) is 0. The van der Waals surface area contributed by atoms with Gasteiger partial charge in [-0.3, -0.25) is 0 Å². The van der Waals surface area contributed by atoms with E-state index >= 15 is 0 Å². The van der Waals surface area contributed by atoms with Gasteiger partial charge in [-0.15, -0.1) is 0 Å². The molecule has 1 aromatic carbocycles. The lowest BCUT2D eigenvalue weighted by molar-refractivity contribution is 0.372. The van der Waals surface area contributed by atoms with E-state index in [0.29, 0.717) is 0 Å². The minimum atomic E-state index is -2.17. The van der Waals surface area contributed by atoms with Crippen LogP contribution in [0.15, 0.2) is 0 Å². The van der Waals surface area contributed by atoms with Crippen LogP contribution in [0.4, 0.5) is 22.0 Å². The largest absolute Gasteiger partial charge is 0.620 e. The van der Waals surface area contributed by atoms with E-state index in [2.05, 4.69) is 0 Å². The van der Waals surface area contributed by atoms with Crippen LogP contribution in [0.25, 0.3) is 0 Å². The summed E-state index contributed by atoms with van der Waals surface area (Å²) < 4.78 is 62.3. The standard InChI is InChI=1S/C7H2BF5/c8-1-2-3(9)5(11)7(13)6(12)4(2)10/h1H2/q-1. The zero-order valence-corrected chi connectivity index (χ0v) is 6.17. The first-order valence-corrected chi connectivity index (χ1v) is 3.21. The van der Waals surface area contributed by atoms with Gasteiger partial charge in [0.1, 0.15) is 0 Å². The Labute approximate surface area is 71.8 Å². The molecule has 0 N–H and O–H groups in total. The third kappa shape index (κ3) is 1.40. The molecule has 0 bridgehead atoms. The van der Waals surface area contributed by atoms with Crippen molar-refractivity contribution in [2.75, 3.05) is 0 Å². The summed E-state index contributed by atoms with van der Waals surface area (Å²) in [6, 6.07) is 0. The minimum absolute atomic E-state index is 0.744. The monoisotopic (exact) mass is 192 g/mol. The summed E-state index contributed by atoms with van der Waals surface area (Å²) >= 11 is 0. The molecule has 0 heterocycles. The van der Waals surface area contributed by atoms with Crippen molar-refractivity contribution in [3.05, 3.63) is 34.6 Å². The summed E-state index contributed by atoms with van der Waals surface area (Å²) in [4.78, 5) is 0. The average molecular weight is 192 g/mol.